The van der Waals surface area contributed by atoms with Gasteiger partial charge in [0.05, 0.1) is 19.0 Å². The Morgan fingerprint density at radius 3 is 2.55 bits per heavy atom. The smallest absolute Gasteiger partial charge is 0.321 e. The van der Waals surface area contributed by atoms with Gasteiger partial charge in [-0.1, -0.05) is 31.5 Å². The number of aryl methyl sites for hydroxylation is 1. The van der Waals surface area contributed by atoms with Gasteiger partial charge in [0.1, 0.15) is 17.4 Å². The van der Waals surface area contributed by atoms with E-state index in [1.165, 1.54) is 0 Å². The Kier molecular flexibility index (Phi) is 10.6. The number of aliphatic carboxylic acids is 1. The summed E-state index contributed by atoms with van der Waals surface area (Å²) in [5.74, 6) is -0.521. The summed E-state index contributed by atoms with van der Waals surface area (Å²) in [6.07, 6.45) is 2.86. The molecule has 0 saturated carbocycles. The Balaban J connectivity index is 2.02. The Morgan fingerprint density at radius 2 is 1.91 bits per heavy atom. The number of benzene rings is 1. The van der Waals surface area contributed by atoms with Crippen LogP contribution in [0.1, 0.15) is 69.9 Å². The first kappa shape index (κ1) is 27.6. The van der Waals surface area contributed by atoms with Crippen LogP contribution in [0.2, 0.25) is 0 Å². The zero-order valence-corrected chi connectivity index (χ0v) is 21.1. The minimum Gasteiger partial charge on any atom is -0.487 e. The summed E-state index contributed by atoms with van der Waals surface area (Å²) in [4.78, 5) is 11.6. The first-order valence-corrected chi connectivity index (χ1v) is 13.5. The average Bonchev–Trinajstić information content (AvgIpc) is 2.78. The summed E-state index contributed by atoms with van der Waals surface area (Å²) in [6, 6.07) is 4.81. The van der Waals surface area contributed by atoms with Gasteiger partial charge in [-0.25, -0.2) is 13.1 Å². The second-order valence-corrected chi connectivity index (χ2v) is 10.5. The summed E-state index contributed by atoms with van der Waals surface area (Å²) < 4.78 is 44.7. The number of ether oxygens (including phenoxy) is 3. The maximum atomic E-state index is 12.8. The number of hydrogen-bond acceptors (Lipinski definition) is 6. The van der Waals surface area contributed by atoms with Gasteiger partial charge in [-0.05, 0) is 63.5 Å². The third-order valence-corrected chi connectivity index (χ3v) is 7.74. The van der Waals surface area contributed by atoms with Crippen LogP contribution < -0.4 is 9.46 Å². The number of carbonyl (C=O) groups is 1. The van der Waals surface area contributed by atoms with Crippen LogP contribution in [-0.2, 0) is 24.3 Å². The summed E-state index contributed by atoms with van der Waals surface area (Å²) in [5, 5.41) is 9.46. The molecule has 0 radical (unpaired) electrons. The maximum Gasteiger partial charge on any atom is 0.321 e. The number of fused-ring (bicyclic) bond motifs is 1. The molecule has 2 atom stereocenters. The first-order valence-electron chi connectivity index (χ1n) is 11.8. The van der Waals surface area contributed by atoms with Crippen LogP contribution in [0.4, 0.5) is 0 Å². The molecule has 0 bridgehead atoms. The van der Waals surface area contributed by atoms with Crippen molar-refractivity contribution in [1.82, 2.24) is 4.72 Å². The van der Waals surface area contributed by atoms with Crippen LogP contribution in [0.25, 0.3) is 0 Å². The maximum absolute atomic E-state index is 12.8. The van der Waals surface area contributed by atoms with Crippen molar-refractivity contribution in [2.45, 2.75) is 77.4 Å². The lowest BCUT2D eigenvalue weighted by molar-refractivity contribution is -0.139. The van der Waals surface area contributed by atoms with Crippen LogP contribution >= 0.6 is 0 Å². The third kappa shape index (κ3) is 8.24. The summed E-state index contributed by atoms with van der Waals surface area (Å²) in [5.41, 5.74) is 1.81. The molecule has 0 spiro atoms. The van der Waals surface area contributed by atoms with E-state index in [1.807, 2.05) is 26.0 Å². The molecular formula is C24H39NO7S. The molecule has 33 heavy (non-hydrogen) atoms. The molecule has 1 aliphatic heterocycles. The van der Waals surface area contributed by atoms with Gasteiger partial charge < -0.3 is 19.3 Å². The molecule has 1 aromatic rings. The third-order valence-electron chi connectivity index (χ3n) is 6.32. The van der Waals surface area contributed by atoms with Gasteiger partial charge in [-0.2, -0.15) is 0 Å². The van der Waals surface area contributed by atoms with E-state index in [-0.39, 0.29) is 30.3 Å². The molecular weight excluding hydrogens is 446 g/mol. The SMILES string of the molecule is CCOCCOCCC(NS(=O)(=O)CCC1CC(CC)(CC)Oc2ccc(C)cc21)C(=O)O. The van der Waals surface area contributed by atoms with Gasteiger partial charge in [-0.3, -0.25) is 4.79 Å². The number of sulfonamides is 1. The monoisotopic (exact) mass is 485 g/mol. The van der Waals surface area contributed by atoms with Crippen molar-refractivity contribution in [3.63, 3.8) is 0 Å². The highest BCUT2D eigenvalue weighted by atomic mass is 32.2. The van der Waals surface area contributed by atoms with E-state index in [9.17, 15) is 18.3 Å². The highest BCUT2D eigenvalue weighted by molar-refractivity contribution is 7.89. The number of nitrogens with one attached hydrogen (secondary N) is 1. The van der Waals surface area contributed by atoms with Crippen molar-refractivity contribution in [2.24, 2.45) is 0 Å². The zero-order chi connectivity index (χ0) is 24.5. The molecule has 2 N–H and O–H groups in total. The summed E-state index contributed by atoms with van der Waals surface area (Å²) in [7, 11) is -3.79. The van der Waals surface area contributed by atoms with Gasteiger partial charge >= 0.3 is 5.97 Å². The number of carboxylic acids is 1. The van der Waals surface area contributed by atoms with Gasteiger partial charge in [0, 0.05) is 13.2 Å². The van der Waals surface area contributed by atoms with E-state index in [0.29, 0.717) is 26.2 Å². The number of rotatable bonds is 15. The first-order chi connectivity index (χ1) is 15.6. The predicted octanol–water partition coefficient (Wildman–Crippen LogP) is 3.63. The largest absolute Gasteiger partial charge is 0.487 e. The lowest BCUT2D eigenvalue weighted by atomic mass is 9.78. The molecule has 9 heteroatoms. The molecule has 8 nitrogen and oxygen atoms in total. The molecule has 188 valence electrons. The van der Waals surface area contributed by atoms with Gasteiger partial charge in [-0.15, -0.1) is 0 Å². The van der Waals surface area contributed by atoms with E-state index < -0.39 is 22.0 Å². The molecule has 0 amide bonds. The van der Waals surface area contributed by atoms with E-state index in [2.05, 4.69) is 24.6 Å². The fraction of sp³-hybridized carbons (Fsp3) is 0.708. The second kappa shape index (κ2) is 12.7. The number of carboxylic acid groups (broad SMARTS) is 1. The minimum atomic E-state index is -3.79. The molecule has 0 aliphatic carbocycles. The van der Waals surface area contributed by atoms with E-state index in [1.54, 1.807) is 0 Å². The van der Waals surface area contributed by atoms with Crippen molar-refractivity contribution in [2.75, 3.05) is 32.2 Å². The fourth-order valence-electron chi connectivity index (χ4n) is 4.23. The molecule has 1 aliphatic rings. The highest BCUT2D eigenvalue weighted by Crippen LogP contribution is 2.45. The molecule has 2 unspecified atom stereocenters. The van der Waals surface area contributed by atoms with E-state index >= 15 is 0 Å². The van der Waals surface area contributed by atoms with Crippen molar-refractivity contribution >= 4 is 16.0 Å². The summed E-state index contributed by atoms with van der Waals surface area (Å²) in [6.45, 7) is 9.53. The average molecular weight is 486 g/mol. The van der Waals surface area contributed by atoms with Gasteiger partial charge in [0.25, 0.3) is 0 Å². The normalized spacial score (nSPS) is 18.4. The van der Waals surface area contributed by atoms with Gasteiger partial charge in [0.2, 0.25) is 10.0 Å². The molecule has 1 aromatic carbocycles. The predicted molar refractivity (Wildman–Crippen MR) is 127 cm³/mol. The lowest BCUT2D eigenvalue weighted by Gasteiger charge is -2.42. The van der Waals surface area contributed by atoms with Crippen LogP contribution in [-0.4, -0.2) is 63.3 Å². The molecule has 0 saturated heterocycles. The Morgan fingerprint density at radius 1 is 1.21 bits per heavy atom. The Bertz CT molecular complexity index is 868. The molecule has 1 heterocycles. The standard InChI is InChI=1S/C24H39NO7S/c1-5-24(6-2)17-19(20-16-18(4)8-9-22(20)32-24)11-15-33(28,29)25-21(23(26)27)10-12-31-14-13-30-7-3/h8-9,16,19,21,25H,5-7,10-15,17H2,1-4H3,(H,26,27). The fourth-order valence-corrected chi connectivity index (χ4v) is 5.59. The molecule has 0 fully saturated rings. The van der Waals surface area contributed by atoms with Crippen molar-refractivity contribution in [3.8, 4) is 5.75 Å². The lowest BCUT2D eigenvalue weighted by Crippen LogP contribution is -2.43. The topological polar surface area (TPSA) is 111 Å². The quantitative estimate of drug-likeness (QED) is 0.365. The van der Waals surface area contributed by atoms with Crippen LogP contribution in [0.5, 0.6) is 5.75 Å². The van der Waals surface area contributed by atoms with E-state index in [4.69, 9.17) is 14.2 Å². The summed E-state index contributed by atoms with van der Waals surface area (Å²) >= 11 is 0. The van der Waals surface area contributed by atoms with Crippen LogP contribution in [0, 0.1) is 6.92 Å². The zero-order valence-electron chi connectivity index (χ0n) is 20.3. The Hall–Kier alpha value is -1.68. The van der Waals surface area contributed by atoms with Crippen molar-refractivity contribution in [1.29, 1.82) is 0 Å². The highest BCUT2D eigenvalue weighted by Gasteiger charge is 2.39. The van der Waals surface area contributed by atoms with Crippen LogP contribution in [0.3, 0.4) is 0 Å². The van der Waals surface area contributed by atoms with E-state index in [0.717, 1.165) is 36.1 Å². The molecule has 0 aromatic heterocycles. The molecule has 2 rings (SSSR count). The second-order valence-electron chi connectivity index (χ2n) is 8.65. The minimum absolute atomic E-state index is 0.0234. The van der Waals surface area contributed by atoms with Crippen molar-refractivity contribution < 1.29 is 32.5 Å². The van der Waals surface area contributed by atoms with Gasteiger partial charge in [0.15, 0.2) is 0 Å². The van der Waals surface area contributed by atoms with Crippen LogP contribution in [0.15, 0.2) is 18.2 Å². The van der Waals surface area contributed by atoms with Crippen molar-refractivity contribution in [3.05, 3.63) is 29.3 Å². The Labute approximate surface area is 198 Å². The number of hydrogen-bond donors (Lipinski definition) is 2.